The third kappa shape index (κ3) is 5.33. The van der Waals surface area contributed by atoms with Crippen molar-refractivity contribution in [2.24, 2.45) is 5.92 Å². The number of aromatic nitrogens is 2. The second-order valence-corrected chi connectivity index (χ2v) is 5.75. The summed E-state index contributed by atoms with van der Waals surface area (Å²) in [6.45, 7) is 12.5. The van der Waals surface area contributed by atoms with Gasteiger partial charge < -0.3 is 10.1 Å². The number of hydrogen-bond donors (Lipinski definition) is 1. The fourth-order valence-electron chi connectivity index (χ4n) is 1.50. The number of nitrogens with zero attached hydrogens (tertiary/aromatic N) is 2. The van der Waals surface area contributed by atoms with Gasteiger partial charge in [-0.1, -0.05) is 39.3 Å². The van der Waals surface area contributed by atoms with E-state index in [4.69, 9.17) is 16.3 Å². The van der Waals surface area contributed by atoms with Crippen LogP contribution >= 0.6 is 11.6 Å². The standard InChI is InChI=1S/C14H24ClN3O/c1-9(2)8-19-7-6-16-14-11(5)12(15)17-13(18-14)10(3)4/h9-10H,6-8H2,1-5H3,(H,16,17,18). The fraction of sp³-hybridized carbons (Fsp3) is 0.714. The highest BCUT2D eigenvalue weighted by atomic mass is 35.5. The molecule has 0 saturated heterocycles. The summed E-state index contributed by atoms with van der Waals surface area (Å²) in [6.07, 6.45) is 0. The molecule has 108 valence electrons. The molecule has 0 saturated carbocycles. The van der Waals surface area contributed by atoms with Crippen LogP contribution in [0.3, 0.4) is 0 Å². The van der Waals surface area contributed by atoms with Crippen LogP contribution in [0.15, 0.2) is 0 Å². The molecule has 1 rings (SSSR count). The monoisotopic (exact) mass is 285 g/mol. The minimum Gasteiger partial charge on any atom is -0.379 e. The minimum atomic E-state index is 0.260. The van der Waals surface area contributed by atoms with Crippen LogP contribution in [-0.2, 0) is 4.74 Å². The molecule has 0 aliphatic carbocycles. The maximum atomic E-state index is 6.12. The zero-order chi connectivity index (χ0) is 14.4. The maximum Gasteiger partial charge on any atom is 0.137 e. The number of ether oxygens (including phenoxy) is 1. The van der Waals surface area contributed by atoms with Crippen LogP contribution in [0.1, 0.15) is 45.0 Å². The first-order chi connectivity index (χ1) is 8.91. The first kappa shape index (κ1) is 16.2. The number of halogens is 1. The molecular weight excluding hydrogens is 262 g/mol. The van der Waals surface area contributed by atoms with E-state index in [1.54, 1.807) is 0 Å². The summed E-state index contributed by atoms with van der Waals surface area (Å²) < 4.78 is 5.53. The lowest BCUT2D eigenvalue weighted by atomic mass is 10.2. The van der Waals surface area contributed by atoms with Gasteiger partial charge in [0.05, 0.1) is 6.61 Å². The van der Waals surface area contributed by atoms with E-state index in [9.17, 15) is 0 Å². The molecule has 0 unspecified atom stereocenters. The normalized spacial score (nSPS) is 11.4. The predicted octanol–water partition coefficient (Wildman–Crippen LogP) is 3.65. The second kappa shape index (κ2) is 7.65. The van der Waals surface area contributed by atoms with Gasteiger partial charge in [-0.15, -0.1) is 0 Å². The number of hydrogen-bond acceptors (Lipinski definition) is 4. The molecule has 0 spiro atoms. The highest BCUT2D eigenvalue weighted by Crippen LogP contribution is 2.22. The Morgan fingerprint density at radius 1 is 1.21 bits per heavy atom. The molecule has 1 aromatic heterocycles. The highest BCUT2D eigenvalue weighted by molar-refractivity contribution is 6.30. The lowest BCUT2D eigenvalue weighted by Crippen LogP contribution is -2.15. The first-order valence-electron chi connectivity index (χ1n) is 6.77. The van der Waals surface area contributed by atoms with Crippen molar-refractivity contribution >= 4 is 17.4 Å². The van der Waals surface area contributed by atoms with Gasteiger partial charge in [-0.25, -0.2) is 9.97 Å². The van der Waals surface area contributed by atoms with Gasteiger partial charge >= 0.3 is 0 Å². The molecule has 5 heteroatoms. The van der Waals surface area contributed by atoms with E-state index in [0.717, 1.165) is 30.4 Å². The van der Waals surface area contributed by atoms with Crippen LogP contribution < -0.4 is 5.32 Å². The quantitative estimate of drug-likeness (QED) is 0.614. The van der Waals surface area contributed by atoms with E-state index >= 15 is 0 Å². The zero-order valence-electron chi connectivity index (χ0n) is 12.5. The Labute approximate surface area is 120 Å². The molecule has 0 atom stereocenters. The Morgan fingerprint density at radius 3 is 2.47 bits per heavy atom. The third-order valence-corrected chi connectivity index (χ3v) is 2.98. The van der Waals surface area contributed by atoms with Gasteiger partial charge in [-0.05, 0) is 12.8 Å². The molecule has 0 bridgehead atoms. The summed E-state index contributed by atoms with van der Waals surface area (Å²) in [6, 6.07) is 0. The Balaban J connectivity index is 2.57. The SMILES string of the molecule is Cc1c(Cl)nc(C(C)C)nc1NCCOCC(C)C. The van der Waals surface area contributed by atoms with Crippen LogP contribution in [0.4, 0.5) is 5.82 Å². The maximum absolute atomic E-state index is 6.12. The van der Waals surface area contributed by atoms with Crippen LogP contribution in [-0.4, -0.2) is 29.7 Å². The Morgan fingerprint density at radius 2 is 1.89 bits per heavy atom. The van der Waals surface area contributed by atoms with E-state index in [0.29, 0.717) is 17.7 Å². The van der Waals surface area contributed by atoms with E-state index in [-0.39, 0.29) is 5.92 Å². The molecule has 0 aliphatic heterocycles. The van der Waals surface area contributed by atoms with Crippen molar-refractivity contribution in [3.05, 3.63) is 16.5 Å². The Hall–Kier alpha value is -0.870. The van der Waals surface area contributed by atoms with Crippen LogP contribution in [0.2, 0.25) is 5.15 Å². The molecule has 1 N–H and O–H groups in total. The smallest absolute Gasteiger partial charge is 0.137 e. The molecule has 0 aromatic carbocycles. The van der Waals surface area contributed by atoms with Gasteiger partial charge in [0.25, 0.3) is 0 Å². The van der Waals surface area contributed by atoms with Crippen molar-refractivity contribution in [3.63, 3.8) is 0 Å². The average molecular weight is 286 g/mol. The molecular formula is C14H24ClN3O. The minimum absolute atomic E-state index is 0.260. The molecule has 19 heavy (non-hydrogen) atoms. The van der Waals surface area contributed by atoms with Gasteiger partial charge in [0.15, 0.2) is 0 Å². The number of anilines is 1. The highest BCUT2D eigenvalue weighted by Gasteiger charge is 2.11. The molecule has 1 aromatic rings. The molecule has 0 fully saturated rings. The van der Waals surface area contributed by atoms with Gasteiger partial charge in [-0.3, -0.25) is 0 Å². The number of rotatable bonds is 7. The van der Waals surface area contributed by atoms with Crippen molar-refractivity contribution in [2.75, 3.05) is 25.1 Å². The van der Waals surface area contributed by atoms with Crippen molar-refractivity contribution in [1.82, 2.24) is 9.97 Å². The summed E-state index contributed by atoms with van der Waals surface area (Å²) in [7, 11) is 0. The molecule has 1 heterocycles. The van der Waals surface area contributed by atoms with Crippen LogP contribution in [0, 0.1) is 12.8 Å². The molecule has 0 aliphatic rings. The molecule has 0 amide bonds. The summed E-state index contributed by atoms with van der Waals surface area (Å²) in [4.78, 5) is 8.79. The predicted molar refractivity (Wildman–Crippen MR) is 80.0 cm³/mol. The van der Waals surface area contributed by atoms with E-state index in [1.807, 2.05) is 6.92 Å². The summed E-state index contributed by atoms with van der Waals surface area (Å²) in [5.74, 6) is 2.39. The first-order valence-corrected chi connectivity index (χ1v) is 7.15. The van der Waals surface area contributed by atoms with Crippen molar-refractivity contribution in [2.45, 2.75) is 40.5 Å². The van der Waals surface area contributed by atoms with Crippen molar-refractivity contribution < 1.29 is 4.74 Å². The zero-order valence-corrected chi connectivity index (χ0v) is 13.2. The average Bonchev–Trinajstić information content (AvgIpc) is 2.33. The van der Waals surface area contributed by atoms with Crippen molar-refractivity contribution in [1.29, 1.82) is 0 Å². The summed E-state index contributed by atoms with van der Waals surface area (Å²) in [5, 5.41) is 3.78. The Kier molecular flexibility index (Phi) is 6.52. The molecule has 0 radical (unpaired) electrons. The van der Waals surface area contributed by atoms with Gasteiger partial charge in [-0.2, -0.15) is 0 Å². The summed E-state index contributed by atoms with van der Waals surface area (Å²) >= 11 is 6.12. The Bertz CT molecular complexity index is 408. The number of nitrogens with one attached hydrogen (secondary N) is 1. The fourth-order valence-corrected chi connectivity index (χ4v) is 1.67. The second-order valence-electron chi connectivity index (χ2n) is 5.40. The lowest BCUT2D eigenvalue weighted by molar-refractivity contribution is 0.118. The van der Waals surface area contributed by atoms with E-state index in [1.165, 1.54) is 0 Å². The van der Waals surface area contributed by atoms with Gasteiger partial charge in [0, 0.05) is 24.6 Å². The third-order valence-electron chi connectivity index (χ3n) is 2.61. The van der Waals surface area contributed by atoms with Gasteiger partial charge in [0.2, 0.25) is 0 Å². The lowest BCUT2D eigenvalue weighted by Gasteiger charge is -2.13. The van der Waals surface area contributed by atoms with Gasteiger partial charge in [0.1, 0.15) is 16.8 Å². The van der Waals surface area contributed by atoms with Crippen molar-refractivity contribution in [3.8, 4) is 0 Å². The van der Waals surface area contributed by atoms with Crippen LogP contribution in [0.25, 0.3) is 0 Å². The largest absolute Gasteiger partial charge is 0.379 e. The van der Waals surface area contributed by atoms with E-state index in [2.05, 4.69) is 43.0 Å². The van der Waals surface area contributed by atoms with E-state index < -0.39 is 0 Å². The molecule has 4 nitrogen and oxygen atoms in total. The topological polar surface area (TPSA) is 47.0 Å². The van der Waals surface area contributed by atoms with Crippen LogP contribution in [0.5, 0.6) is 0 Å². The summed E-state index contributed by atoms with van der Waals surface area (Å²) in [5.41, 5.74) is 0.884.